The van der Waals surface area contributed by atoms with Gasteiger partial charge in [-0.2, -0.15) is 11.8 Å². The minimum Gasteiger partial charge on any atom is -0.377 e. The van der Waals surface area contributed by atoms with E-state index in [2.05, 4.69) is 20.1 Å². The van der Waals surface area contributed by atoms with Crippen molar-refractivity contribution in [2.45, 2.75) is 31.6 Å². The number of hydrogen-bond acceptors (Lipinski definition) is 2. The minimum absolute atomic E-state index is 0.509. The van der Waals surface area contributed by atoms with Crippen molar-refractivity contribution in [3.8, 4) is 0 Å². The molecule has 10 heavy (non-hydrogen) atoms. The number of rotatable bonds is 2. The van der Waals surface area contributed by atoms with Crippen LogP contribution in [0.5, 0.6) is 0 Å². The zero-order chi connectivity index (χ0) is 7.56. The summed E-state index contributed by atoms with van der Waals surface area (Å²) in [5, 5.41) is 0.750. The van der Waals surface area contributed by atoms with Crippen molar-refractivity contribution in [1.29, 1.82) is 0 Å². The van der Waals surface area contributed by atoms with Gasteiger partial charge < -0.3 is 4.74 Å². The fourth-order valence-corrected chi connectivity index (χ4v) is 2.46. The molecular weight excluding hydrogens is 144 g/mol. The smallest absolute Gasteiger partial charge is 0.0717 e. The number of ether oxygens (including phenoxy) is 1. The standard InChI is InChI=1S/C8H16OS/c1-6(2)8-7(10-3)4-5-9-8/h6-8H,4-5H2,1-3H3. The van der Waals surface area contributed by atoms with E-state index in [0.29, 0.717) is 12.0 Å². The van der Waals surface area contributed by atoms with E-state index in [1.807, 2.05) is 11.8 Å². The molecular formula is C8H16OS. The van der Waals surface area contributed by atoms with Crippen LogP contribution in [-0.2, 0) is 4.74 Å². The first-order valence-electron chi connectivity index (χ1n) is 3.90. The van der Waals surface area contributed by atoms with E-state index < -0.39 is 0 Å². The molecule has 0 aliphatic carbocycles. The molecule has 60 valence electrons. The van der Waals surface area contributed by atoms with E-state index in [0.717, 1.165) is 11.9 Å². The minimum atomic E-state index is 0.509. The summed E-state index contributed by atoms with van der Waals surface area (Å²) in [6, 6.07) is 0. The topological polar surface area (TPSA) is 9.23 Å². The molecule has 1 aliphatic heterocycles. The van der Waals surface area contributed by atoms with Crippen molar-refractivity contribution in [3.05, 3.63) is 0 Å². The number of thioether (sulfide) groups is 1. The van der Waals surface area contributed by atoms with Gasteiger partial charge in [0.15, 0.2) is 0 Å². The third-order valence-corrected chi connectivity index (χ3v) is 3.15. The van der Waals surface area contributed by atoms with Gasteiger partial charge in [-0.05, 0) is 18.6 Å². The average Bonchev–Trinajstić information content (AvgIpc) is 2.33. The molecule has 2 unspecified atom stereocenters. The lowest BCUT2D eigenvalue weighted by Crippen LogP contribution is -2.23. The normalized spacial score (nSPS) is 33.6. The van der Waals surface area contributed by atoms with Crippen molar-refractivity contribution >= 4 is 11.8 Å². The number of hydrogen-bond donors (Lipinski definition) is 0. The predicted molar refractivity (Wildman–Crippen MR) is 46.5 cm³/mol. The van der Waals surface area contributed by atoms with Gasteiger partial charge in [0, 0.05) is 11.9 Å². The van der Waals surface area contributed by atoms with E-state index in [9.17, 15) is 0 Å². The van der Waals surface area contributed by atoms with Gasteiger partial charge in [-0.15, -0.1) is 0 Å². The van der Waals surface area contributed by atoms with Gasteiger partial charge in [-0.25, -0.2) is 0 Å². The molecule has 0 aromatic heterocycles. The zero-order valence-corrected chi connectivity index (χ0v) is 7.78. The van der Waals surface area contributed by atoms with Crippen LogP contribution in [0.3, 0.4) is 0 Å². The summed E-state index contributed by atoms with van der Waals surface area (Å²) in [5.74, 6) is 0.681. The Kier molecular flexibility index (Phi) is 3.05. The monoisotopic (exact) mass is 160 g/mol. The third-order valence-electron chi connectivity index (χ3n) is 2.04. The molecule has 0 bridgehead atoms. The Bertz CT molecular complexity index is 103. The summed E-state index contributed by atoms with van der Waals surface area (Å²) in [4.78, 5) is 0. The predicted octanol–water partition coefficient (Wildman–Crippen LogP) is 2.16. The molecule has 0 aromatic carbocycles. The molecule has 1 saturated heterocycles. The van der Waals surface area contributed by atoms with Crippen molar-refractivity contribution in [2.75, 3.05) is 12.9 Å². The molecule has 1 fully saturated rings. The second-order valence-corrected chi connectivity index (χ2v) is 4.22. The Hall–Kier alpha value is 0.310. The maximum atomic E-state index is 5.60. The van der Waals surface area contributed by atoms with Gasteiger partial charge in [-0.3, -0.25) is 0 Å². The summed E-state index contributed by atoms with van der Waals surface area (Å²) < 4.78 is 5.60. The Labute approximate surface area is 67.5 Å². The van der Waals surface area contributed by atoms with Crippen LogP contribution in [0.15, 0.2) is 0 Å². The first kappa shape index (κ1) is 8.41. The van der Waals surface area contributed by atoms with Crippen LogP contribution in [0.2, 0.25) is 0 Å². The molecule has 1 aliphatic rings. The van der Waals surface area contributed by atoms with E-state index in [-0.39, 0.29) is 0 Å². The Morgan fingerprint density at radius 3 is 2.60 bits per heavy atom. The first-order valence-corrected chi connectivity index (χ1v) is 5.19. The molecule has 0 amide bonds. The summed E-state index contributed by atoms with van der Waals surface area (Å²) in [6.45, 7) is 5.44. The van der Waals surface area contributed by atoms with Crippen LogP contribution in [-0.4, -0.2) is 24.2 Å². The Morgan fingerprint density at radius 1 is 1.50 bits per heavy atom. The summed E-state index contributed by atoms with van der Waals surface area (Å²) in [7, 11) is 0. The highest BCUT2D eigenvalue weighted by Gasteiger charge is 2.29. The Morgan fingerprint density at radius 2 is 2.20 bits per heavy atom. The fourth-order valence-electron chi connectivity index (χ4n) is 1.47. The lowest BCUT2D eigenvalue weighted by atomic mass is 10.0. The fraction of sp³-hybridized carbons (Fsp3) is 1.00. The molecule has 1 heterocycles. The molecule has 0 spiro atoms. The van der Waals surface area contributed by atoms with Crippen LogP contribution in [0, 0.1) is 5.92 Å². The summed E-state index contributed by atoms with van der Waals surface area (Å²) >= 11 is 1.94. The van der Waals surface area contributed by atoms with Crippen LogP contribution >= 0.6 is 11.8 Å². The quantitative estimate of drug-likeness (QED) is 0.612. The van der Waals surface area contributed by atoms with E-state index in [4.69, 9.17) is 4.74 Å². The first-order chi connectivity index (χ1) is 4.75. The molecule has 0 saturated carbocycles. The van der Waals surface area contributed by atoms with Crippen LogP contribution < -0.4 is 0 Å². The van der Waals surface area contributed by atoms with Crippen LogP contribution in [0.25, 0.3) is 0 Å². The molecule has 1 nitrogen and oxygen atoms in total. The van der Waals surface area contributed by atoms with Gasteiger partial charge in [0.05, 0.1) is 6.10 Å². The maximum absolute atomic E-state index is 5.60. The van der Waals surface area contributed by atoms with E-state index in [1.165, 1.54) is 6.42 Å². The Balaban J connectivity index is 2.42. The second-order valence-electron chi connectivity index (χ2n) is 3.14. The maximum Gasteiger partial charge on any atom is 0.0717 e. The highest BCUT2D eigenvalue weighted by atomic mass is 32.2. The molecule has 0 radical (unpaired) electrons. The van der Waals surface area contributed by atoms with Gasteiger partial charge >= 0.3 is 0 Å². The van der Waals surface area contributed by atoms with Crippen LogP contribution in [0.1, 0.15) is 20.3 Å². The average molecular weight is 160 g/mol. The zero-order valence-electron chi connectivity index (χ0n) is 6.96. The van der Waals surface area contributed by atoms with Gasteiger partial charge in [0.1, 0.15) is 0 Å². The summed E-state index contributed by atoms with van der Waals surface area (Å²) in [5.41, 5.74) is 0. The lowest BCUT2D eigenvalue weighted by Gasteiger charge is -2.19. The highest BCUT2D eigenvalue weighted by molar-refractivity contribution is 7.99. The molecule has 2 heteroatoms. The SMILES string of the molecule is CSC1CCOC1C(C)C. The van der Waals surface area contributed by atoms with Crippen molar-refractivity contribution in [2.24, 2.45) is 5.92 Å². The van der Waals surface area contributed by atoms with Crippen molar-refractivity contribution in [3.63, 3.8) is 0 Å². The molecule has 2 atom stereocenters. The van der Waals surface area contributed by atoms with E-state index >= 15 is 0 Å². The van der Waals surface area contributed by atoms with E-state index in [1.54, 1.807) is 0 Å². The largest absolute Gasteiger partial charge is 0.377 e. The molecule has 0 aromatic rings. The highest BCUT2D eigenvalue weighted by Crippen LogP contribution is 2.28. The molecule has 0 N–H and O–H groups in total. The third kappa shape index (κ3) is 1.67. The van der Waals surface area contributed by atoms with Gasteiger partial charge in [-0.1, -0.05) is 13.8 Å². The van der Waals surface area contributed by atoms with Crippen molar-refractivity contribution in [1.82, 2.24) is 0 Å². The summed E-state index contributed by atoms with van der Waals surface area (Å²) in [6.07, 6.45) is 3.92. The van der Waals surface area contributed by atoms with Gasteiger partial charge in [0.2, 0.25) is 0 Å². The van der Waals surface area contributed by atoms with Crippen molar-refractivity contribution < 1.29 is 4.74 Å². The van der Waals surface area contributed by atoms with Crippen LogP contribution in [0.4, 0.5) is 0 Å². The van der Waals surface area contributed by atoms with Gasteiger partial charge in [0.25, 0.3) is 0 Å². The molecule has 1 rings (SSSR count). The lowest BCUT2D eigenvalue weighted by molar-refractivity contribution is 0.0780. The second kappa shape index (κ2) is 3.63.